The standard InChI is InChI=1S/C26H27IN8O3S2/c1-38-20-8-7-19(29-14-20)11-22(37)31-26-35-33-24(40-26)17-4-2-3-16(9-17)23-32-34-25(39-23)30-21(36)10-18-6-5-15(12-27)13-28-18/h5-8,13-14,16-17H,2-4,9-12H2,1H3,(H,30,34,36)(H,31,35,37)/t16-,17-/m0/s1. The van der Waals surface area contributed by atoms with Crippen LogP contribution in [0.4, 0.5) is 10.3 Å². The normalized spacial score (nSPS) is 16.9. The van der Waals surface area contributed by atoms with Crippen LogP contribution in [0.25, 0.3) is 0 Å². The number of carbonyl (C=O) groups is 2. The highest BCUT2D eigenvalue weighted by Gasteiger charge is 2.29. The molecule has 1 saturated carbocycles. The molecule has 1 aliphatic rings. The molecule has 40 heavy (non-hydrogen) atoms. The van der Waals surface area contributed by atoms with E-state index in [1.54, 1.807) is 31.6 Å². The summed E-state index contributed by atoms with van der Waals surface area (Å²) in [6, 6.07) is 7.40. The summed E-state index contributed by atoms with van der Waals surface area (Å²) in [5.74, 6) is 0.740. The van der Waals surface area contributed by atoms with Crippen molar-refractivity contribution in [2.75, 3.05) is 17.7 Å². The minimum Gasteiger partial charge on any atom is -0.495 e. The number of halogens is 1. The van der Waals surface area contributed by atoms with Gasteiger partial charge in [0.1, 0.15) is 15.8 Å². The predicted molar refractivity (Wildman–Crippen MR) is 161 cm³/mol. The molecule has 2 atom stereocenters. The van der Waals surface area contributed by atoms with Crippen LogP contribution < -0.4 is 15.4 Å². The van der Waals surface area contributed by atoms with Gasteiger partial charge in [0.15, 0.2) is 0 Å². The number of hydrogen-bond acceptors (Lipinski definition) is 11. The summed E-state index contributed by atoms with van der Waals surface area (Å²) in [5.41, 5.74) is 2.49. The monoisotopic (exact) mass is 690 g/mol. The molecule has 0 aliphatic heterocycles. The quantitative estimate of drug-likeness (QED) is 0.175. The number of nitrogens with one attached hydrogen (secondary N) is 2. The molecule has 0 spiro atoms. The molecule has 11 nitrogen and oxygen atoms in total. The average Bonchev–Trinajstić information content (AvgIpc) is 3.64. The number of pyridine rings is 2. The molecule has 4 aromatic rings. The van der Waals surface area contributed by atoms with Gasteiger partial charge in [-0.15, -0.1) is 20.4 Å². The Morgan fingerprint density at radius 3 is 1.93 bits per heavy atom. The zero-order valence-electron chi connectivity index (χ0n) is 21.7. The highest BCUT2D eigenvalue weighted by atomic mass is 127. The minimum absolute atomic E-state index is 0.141. The number of rotatable bonds is 10. The SMILES string of the molecule is COc1ccc(CC(=O)Nc2nnc([C@H]3CCC[C@H](c4nnc(NC(=O)Cc5ccc(CI)cn5)s4)C3)s2)nc1. The van der Waals surface area contributed by atoms with Gasteiger partial charge in [-0.2, -0.15) is 0 Å². The Morgan fingerprint density at radius 2 is 1.45 bits per heavy atom. The second-order valence-electron chi connectivity index (χ2n) is 9.38. The molecule has 0 unspecified atom stereocenters. The summed E-state index contributed by atoms with van der Waals surface area (Å²) in [6.45, 7) is 0. The van der Waals surface area contributed by atoms with E-state index in [9.17, 15) is 9.59 Å². The molecule has 1 fully saturated rings. The molecular formula is C26H27IN8O3S2. The van der Waals surface area contributed by atoms with Gasteiger partial charge in [-0.3, -0.25) is 19.6 Å². The van der Waals surface area contributed by atoms with Crippen LogP contribution >= 0.6 is 45.3 Å². The van der Waals surface area contributed by atoms with Crippen molar-refractivity contribution in [2.24, 2.45) is 0 Å². The van der Waals surface area contributed by atoms with Gasteiger partial charge < -0.3 is 15.4 Å². The van der Waals surface area contributed by atoms with E-state index in [1.807, 2.05) is 12.1 Å². The summed E-state index contributed by atoms with van der Waals surface area (Å²) in [4.78, 5) is 33.6. The lowest BCUT2D eigenvalue weighted by molar-refractivity contribution is -0.116. The third kappa shape index (κ3) is 7.54. The second kappa shape index (κ2) is 13.5. The van der Waals surface area contributed by atoms with Gasteiger partial charge in [0.05, 0.1) is 26.1 Å². The van der Waals surface area contributed by atoms with Crippen LogP contribution in [0.15, 0.2) is 36.7 Å². The number of methoxy groups -OCH3 is 1. The highest BCUT2D eigenvalue weighted by Crippen LogP contribution is 2.43. The summed E-state index contributed by atoms with van der Waals surface area (Å²) in [6.07, 6.45) is 7.62. The maximum atomic E-state index is 12.5. The molecule has 0 bridgehead atoms. The Balaban J connectivity index is 1.13. The minimum atomic E-state index is -0.196. The zero-order valence-corrected chi connectivity index (χ0v) is 25.5. The number of carbonyl (C=O) groups excluding carboxylic acids is 2. The Kier molecular flexibility index (Phi) is 9.59. The van der Waals surface area contributed by atoms with Gasteiger partial charge in [0, 0.05) is 33.8 Å². The molecule has 4 heterocycles. The maximum Gasteiger partial charge on any atom is 0.232 e. The fourth-order valence-electron chi connectivity index (χ4n) is 4.47. The number of alkyl halides is 1. The summed E-state index contributed by atoms with van der Waals surface area (Å²) >= 11 is 5.11. The van der Waals surface area contributed by atoms with E-state index in [4.69, 9.17) is 4.74 Å². The molecule has 0 radical (unpaired) electrons. The largest absolute Gasteiger partial charge is 0.495 e. The number of amides is 2. The van der Waals surface area contributed by atoms with Crippen molar-refractivity contribution in [3.63, 3.8) is 0 Å². The molecular weight excluding hydrogens is 663 g/mol. The van der Waals surface area contributed by atoms with Crippen molar-refractivity contribution in [3.8, 4) is 5.75 Å². The van der Waals surface area contributed by atoms with Crippen molar-refractivity contribution in [2.45, 2.75) is 54.8 Å². The van der Waals surface area contributed by atoms with Gasteiger partial charge >= 0.3 is 0 Å². The summed E-state index contributed by atoms with van der Waals surface area (Å²) < 4.78 is 5.98. The van der Waals surface area contributed by atoms with E-state index >= 15 is 0 Å². The van der Waals surface area contributed by atoms with E-state index in [2.05, 4.69) is 63.6 Å². The number of ether oxygens (including phenoxy) is 1. The van der Waals surface area contributed by atoms with Crippen LogP contribution in [0, 0.1) is 0 Å². The Morgan fingerprint density at radius 1 is 0.875 bits per heavy atom. The Hall–Kier alpha value is -3.11. The fraction of sp³-hybridized carbons (Fsp3) is 0.385. The third-order valence-corrected chi connectivity index (χ3v) is 9.39. The van der Waals surface area contributed by atoms with Crippen LogP contribution in [-0.4, -0.2) is 49.3 Å². The first kappa shape index (κ1) is 28.4. The van der Waals surface area contributed by atoms with Crippen molar-refractivity contribution in [1.82, 2.24) is 30.4 Å². The first-order chi connectivity index (χ1) is 19.5. The first-order valence-corrected chi connectivity index (χ1v) is 15.9. The number of nitrogens with zero attached hydrogens (tertiary/aromatic N) is 6. The van der Waals surface area contributed by atoms with Gasteiger partial charge in [-0.25, -0.2) is 0 Å². The van der Waals surface area contributed by atoms with Crippen molar-refractivity contribution < 1.29 is 14.3 Å². The number of aromatic nitrogens is 6. The van der Waals surface area contributed by atoms with Gasteiger partial charge in [0.25, 0.3) is 0 Å². The van der Waals surface area contributed by atoms with Crippen LogP contribution in [0.3, 0.4) is 0 Å². The van der Waals surface area contributed by atoms with Crippen molar-refractivity contribution in [3.05, 3.63) is 63.6 Å². The third-order valence-electron chi connectivity index (χ3n) is 6.50. The van der Waals surface area contributed by atoms with Gasteiger partial charge in [0.2, 0.25) is 22.1 Å². The molecule has 5 rings (SSSR count). The van der Waals surface area contributed by atoms with E-state index in [0.717, 1.165) is 51.4 Å². The smallest absolute Gasteiger partial charge is 0.232 e. The van der Waals surface area contributed by atoms with Gasteiger partial charge in [-0.05, 0) is 43.0 Å². The van der Waals surface area contributed by atoms with Crippen LogP contribution in [0.5, 0.6) is 5.75 Å². The van der Waals surface area contributed by atoms with Crippen molar-refractivity contribution in [1.29, 1.82) is 0 Å². The summed E-state index contributed by atoms with van der Waals surface area (Å²) in [7, 11) is 1.57. The molecule has 0 saturated heterocycles. The van der Waals surface area contributed by atoms with Crippen LogP contribution in [0.1, 0.15) is 64.5 Å². The van der Waals surface area contributed by atoms with Crippen molar-refractivity contribution >= 4 is 67.3 Å². The predicted octanol–water partition coefficient (Wildman–Crippen LogP) is 4.93. The van der Waals surface area contributed by atoms with Crippen LogP contribution in [-0.2, 0) is 26.9 Å². The highest BCUT2D eigenvalue weighted by molar-refractivity contribution is 14.1. The number of anilines is 2. The molecule has 2 amide bonds. The Bertz CT molecular complexity index is 1340. The zero-order chi connectivity index (χ0) is 27.9. The Labute approximate surface area is 252 Å². The molecule has 2 N–H and O–H groups in total. The topological polar surface area (TPSA) is 145 Å². The van der Waals surface area contributed by atoms with E-state index in [0.29, 0.717) is 21.7 Å². The van der Waals surface area contributed by atoms with Gasteiger partial charge in [-0.1, -0.05) is 57.8 Å². The molecule has 208 valence electrons. The number of hydrogen-bond donors (Lipinski definition) is 2. The molecule has 14 heteroatoms. The van der Waals surface area contributed by atoms with E-state index in [-0.39, 0.29) is 36.5 Å². The van der Waals surface area contributed by atoms with E-state index < -0.39 is 0 Å². The van der Waals surface area contributed by atoms with E-state index in [1.165, 1.54) is 22.7 Å². The summed E-state index contributed by atoms with van der Waals surface area (Å²) in [5, 5.41) is 25.6. The molecule has 4 aromatic heterocycles. The lowest BCUT2D eigenvalue weighted by Crippen LogP contribution is -2.15. The lowest BCUT2D eigenvalue weighted by atomic mass is 9.82. The molecule has 0 aromatic carbocycles. The second-order valence-corrected chi connectivity index (χ2v) is 12.2. The van der Waals surface area contributed by atoms with Crippen LogP contribution in [0.2, 0.25) is 0 Å². The fourth-order valence-corrected chi connectivity index (χ4v) is 6.73. The maximum absolute atomic E-state index is 12.5. The molecule has 1 aliphatic carbocycles. The lowest BCUT2D eigenvalue weighted by Gasteiger charge is -2.25. The first-order valence-electron chi connectivity index (χ1n) is 12.7. The average molecular weight is 691 g/mol.